The number of carbonyl (C=O) groups excluding carboxylic acids is 1. The Labute approximate surface area is 177 Å². The molecule has 8 nitrogen and oxygen atoms in total. The van der Waals surface area contributed by atoms with Crippen LogP contribution in [-0.2, 0) is 27.5 Å². The van der Waals surface area contributed by atoms with Crippen LogP contribution in [0.2, 0.25) is 0 Å². The van der Waals surface area contributed by atoms with Gasteiger partial charge in [-0.3, -0.25) is 4.79 Å². The molecule has 0 unspecified atom stereocenters. The van der Waals surface area contributed by atoms with Gasteiger partial charge in [0.15, 0.2) is 6.10 Å². The molecule has 0 amide bonds. The van der Waals surface area contributed by atoms with E-state index < -0.39 is 17.7 Å². The smallest absolute Gasteiger partial charge is 0.340 e. The van der Waals surface area contributed by atoms with Gasteiger partial charge >= 0.3 is 5.97 Å². The largest absolute Gasteiger partial charge is 0.458 e. The number of cyclic esters (lactones) is 1. The fraction of sp³-hybridized carbons (Fsp3) is 0.304. The number of fused-ring (bicyclic) bond motifs is 5. The summed E-state index contributed by atoms with van der Waals surface area (Å²) in [5, 5.41) is 15.3. The number of aromatic nitrogens is 2. The number of aliphatic hydroxyl groups is 1. The van der Waals surface area contributed by atoms with Gasteiger partial charge in [-0.15, -0.1) is 0 Å². The Morgan fingerprint density at radius 2 is 2.03 bits per heavy atom. The fourth-order valence-corrected chi connectivity index (χ4v) is 3.99. The Kier molecular flexibility index (Phi) is 4.23. The molecule has 0 saturated heterocycles. The van der Waals surface area contributed by atoms with Crippen LogP contribution in [0.25, 0.3) is 22.3 Å². The summed E-state index contributed by atoms with van der Waals surface area (Å²) in [6.45, 7) is 5.88. The molecule has 0 aliphatic carbocycles. The van der Waals surface area contributed by atoms with E-state index in [0.717, 1.165) is 22.0 Å². The van der Waals surface area contributed by atoms with E-state index in [2.05, 4.69) is 5.16 Å². The van der Waals surface area contributed by atoms with Crippen molar-refractivity contribution in [3.8, 4) is 11.4 Å². The minimum absolute atomic E-state index is 0.149. The van der Waals surface area contributed by atoms with Crippen molar-refractivity contribution in [2.75, 3.05) is 0 Å². The van der Waals surface area contributed by atoms with Crippen LogP contribution in [0.15, 0.2) is 40.3 Å². The van der Waals surface area contributed by atoms with E-state index in [-0.39, 0.29) is 17.7 Å². The zero-order chi connectivity index (χ0) is 21.9. The predicted molar refractivity (Wildman–Crippen MR) is 114 cm³/mol. The average molecular weight is 419 g/mol. The zero-order valence-corrected chi connectivity index (χ0v) is 17.4. The SMILES string of the molecule is CC(C)(C)O/N=C/c1c2c(nc3ccccc13)-c1cc3c(c(=O)n1C2)COC(=O)[C@H]3O. The molecule has 4 heterocycles. The van der Waals surface area contributed by atoms with E-state index in [0.29, 0.717) is 23.5 Å². The van der Waals surface area contributed by atoms with E-state index in [1.807, 2.05) is 45.0 Å². The molecule has 2 aliphatic rings. The topological polar surface area (TPSA) is 103 Å². The molecule has 0 radical (unpaired) electrons. The molecule has 1 aromatic carbocycles. The maximum absolute atomic E-state index is 13.2. The van der Waals surface area contributed by atoms with E-state index in [1.54, 1.807) is 16.8 Å². The third kappa shape index (κ3) is 3.11. The Balaban J connectivity index is 1.73. The molecule has 0 spiro atoms. The number of esters is 1. The number of hydrogen-bond donors (Lipinski definition) is 1. The summed E-state index contributed by atoms with van der Waals surface area (Å²) in [6.07, 6.45) is 0.180. The highest BCUT2D eigenvalue weighted by Crippen LogP contribution is 2.37. The highest BCUT2D eigenvalue weighted by atomic mass is 16.6. The second-order valence-electron chi connectivity index (χ2n) is 8.67. The second kappa shape index (κ2) is 6.75. The third-order valence-corrected chi connectivity index (χ3v) is 5.42. The average Bonchev–Trinajstić information content (AvgIpc) is 3.09. The lowest BCUT2D eigenvalue weighted by Gasteiger charge is -2.21. The first-order valence-corrected chi connectivity index (χ1v) is 9.99. The predicted octanol–water partition coefficient (Wildman–Crippen LogP) is 2.66. The first kappa shape index (κ1) is 19.4. The van der Waals surface area contributed by atoms with Crippen molar-refractivity contribution in [3.05, 3.63) is 62.9 Å². The number of ether oxygens (including phenoxy) is 1. The van der Waals surface area contributed by atoms with E-state index in [9.17, 15) is 14.7 Å². The molecule has 8 heteroatoms. The van der Waals surface area contributed by atoms with Crippen LogP contribution in [0.3, 0.4) is 0 Å². The van der Waals surface area contributed by atoms with E-state index >= 15 is 0 Å². The standard InChI is InChI=1S/C23H21N3O5/c1-23(2,3)31-24-9-14-12-6-4-5-7-17(12)25-19-15(14)10-26-18(19)8-13-16(21(26)28)11-30-22(29)20(13)27/h4-9,20,27H,10-11H2,1-3H3/b24-9+/t20-/m0/s1. The minimum Gasteiger partial charge on any atom is -0.458 e. The number of aliphatic hydroxyl groups excluding tert-OH is 1. The molecule has 0 bridgehead atoms. The van der Waals surface area contributed by atoms with E-state index in [4.69, 9.17) is 14.6 Å². The molecular weight excluding hydrogens is 398 g/mol. The van der Waals surface area contributed by atoms with Gasteiger partial charge in [0.2, 0.25) is 0 Å². The maximum atomic E-state index is 13.2. The van der Waals surface area contributed by atoms with Gasteiger partial charge in [-0.05, 0) is 32.9 Å². The highest BCUT2D eigenvalue weighted by molar-refractivity contribution is 6.02. The molecule has 1 N–H and O–H groups in total. The van der Waals surface area contributed by atoms with E-state index in [1.165, 1.54) is 0 Å². The lowest BCUT2D eigenvalue weighted by Crippen LogP contribution is -2.32. The third-order valence-electron chi connectivity index (χ3n) is 5.42. The van der Waals surface area contributed by atoms with Crippen molar-refractivity contribution in [2.45, 2.75) is 45.6 Å². The number of rotatable bonds is 2. The number of carbonyl (C=O) groups is 1. The highest BCUT2D eigenvalue weighted by Gasteiger charge is 2.34. The van der Waals surface area contributed by atoms with Crippen molar-refractivity contribution in [3.63, 3.8) is 0 Å². The number of para-hydroxylation sites is 1. The van der Waals surface area contributed by atoms with Crippen molar-refractivity contribution in [1.82, 2.24) is 9.55 Å². The Hall–Kier alpha value is -3.52. The summed E-state index contributed by atoms with van der Waals surface area (Å²) in [7, 11) is 0. The first-order chi connectivity index (χ1) is 14.7. The van der Waals surface area contributed by atoms with Gasteiger partial charge in [0.25, 0.3) is 5.56 Å². The quantitative estimate of drug-likeness (QED) is 0.304. The van der Waals surface area contributed by atoms with Gasteiger partial charge in [-0.25, -0.2) is 9.78 Å². The molecular formula is C23H21N3O5. The molecule has 3 aromatic rings. The maximum Gasteiger partial charge on any atom is 0.340 e. The van der Waals surface area contributed by atoms with Crippen LogP contribution in [0.5, 0.6) is 0 Å². The molecule has 0 fully saturated rings. The molecule has 31 heavy (non-hydrogen) atoms. The van der Waals surface area contributed by atoms with Crippen LogP contribution in [0.1, 0.15) is 49.1 Å². The van der Waals surface area contributed by atoms with Crippen LogP contribution in [0, 0.1) is 0 Å². The zero-order valence-electron chi connectivity index (χ0n) is 17.4. The van der Waals surface area contributed by atoms with Crippen LogP contribution < -0.4 is 5.56 Å². The molecule has 2 aliphatic heterocycles. The number of benzene rings is 1. The Morgan fingerprint density at radius 3 is 2.81 bits per heavy atom. The number of hydrogen-bond acceptors (Lipinski definition) is 7. The first-order valence-electron chi connectivity index (χ1n) is 9.99. The van der Waals surface area contributed by atoms with Crippen molar-refractivity contribution < 1.29 is 19.5 Å². The normalized spacial score (nSPS) is 17.4. The Bertz CT molecular complexity index is 1330. The summed E-state index contributed by atoms with van der Waals surface area (Å²) in [4.78, 5) is 35.3. The van der Waals surface area contributed by atoms with Crippen molar-refractivity contribution in [1.29, 1.82) is 0 Å². The summed E-state index contributed by atoms with van der Waals surface area (Å²) in [5.41, 5.74) is 3.42. The summed E-state index contributed by atoms with van der Waals surface area (Å²) in [5.74, 6) is -0.756. The molecule has 158 valence electrons. The van der Waals surface area contributed by atoms with Crippen molar-refractivity contribution >= 4 is 23.1 Å². The van der Waals surface area contributed by atoms with Gasteiger partial charge in [0.1, 0.15) is 12.2 Å². The number of nitrogens with zero attached hydrogens (tertiary/aromatic N) is 3. The Morgan fingerprint density at radius 1 is 1.26 bits per heavy atom. The summed E-state index contributed by atoms with van der Waals surface area (Å²) in [6, 6.07) is 9.33. The van der Waals surface area contributed by atoms with Gasteiger partial charge in [-0.1, -0.05) is 23.4 Å². The monoisotopic (exact) mass is 419 g/mol. The molecule has 5 rings (SSSR count). The van der Waals surface area contributed by atoms with Gasteiger partial charge in [0, 0.05) is 22.1 Å². The summed E-state index contributed by atoms with van der Waals surface area (Å²) >= 11 is 0. The lowest BCUT2D eigenvalue weighted by molar-refractivity contribution is -0.157. The number of pyridine rings is 2. The van der Waals surface area contributed by atoms with Crippen LogP contribution in [-0.4, -0.2) is 32.4 Å². The fourth-order valence-electron chi connectivity index (χ4n) is 3.99. The van der Waals surface area contributed by atoms with Gasteiger partial charge < -0.3 is 19.2 Å². The lowest BCUT2D eigenvalue weighted by atomic mass is 9.99. The second-order valence-corrected chi connectivity index (χ2v) is 8.67. The minimum atomic E-state index is -1.48. The number of oxime groups is 1. The van der Waals surface area contributed by atoms with Crippen molar-refractivity contribution in [2.24, 2.45) is 5.16 Å². The molecule has 2 aromatic heterocycles. The van der Waals surface area contributed by atoms with Gasteiger partial charge in [0.05, 0.1) is 35.2 Å². The van der Waals surface area contributed by atoms with Crippen LogP contribution >= 0.6 is 0 Å². The van der Waals surface area contributed by atoms with Gasteiger partial charge in [-0.2, -0.15) is 0 Å². The molecule has 1 atom stereocenters. The molecule has 0 saturated carbocycles. The van der Waals surface area contributed by atoms with Crippen LogP contribution in [0.4, 0.5) is 0 Å². The summed E-state index contributed by atoms with van der Waals surface area (Å²) < 4.78 is 6.55.